The smallest absolute Gasteiger partial charge is 0.315 e. The average Bonchev–Trinajstić information content (AvgIpc) is 3.01. The van der Waals surface area contributed by atoms with E-state index in [2.05, 4.69) is 15.6 Å². The van der Waals surface area contributed by atoms with Gasteiger partial charge in [-0.15, -0.1) is 11.3 Å². The van der Waals surface area contributed by atoms with Gasteiger partial charge in [0.2, 0.25) is 0 Å². The summed E-state index contributed by atoms with van der Waals surface area (Å²) >= 11 is 1.55. The Labute approximate surface area is 121 Å². The molecule has 2 rings (SSSR count). The van der Waals surface area contributed by atoms with E-state index in [1.54, 1.807) is 24.5 Å². The number of urea groups is 1. The minimum absolute atomic E-state index is 0.305. The molecule has 2 unspecified atom stereocenters. The van der Waals surface area contributed by atoms with Gasteiger partial charge in [0, 0.05) is 30.6 Å². The summed E-state index contributed by atoms with van der Waals surface area (Å²) in [6.45, 7) is 2.19. The van der Waals surface area contributed by atoms with Crippen LogP contribution in [0, 0.1) is 5.41 Å². The molecule has 7 heteroatoms. The van der Waals surface area contributed by atoms with Crippen molar-refractivity contribution >= 4 is 23.3 Å². The summed E-state index contributed by atoms with van der Waals surface area (Å²) in [5.74, 6) is -0.844. The maximum absolute atomic E-state index is 11.8. The highest BCUT2D eigenvalue weighted by Crippen LogP contribution is 2.38. The van der Waals surface area contributed by atoms with Crippen molar-refractivity contribution in [2.24, 2.45) is 5.41 Å². The number of carbonyl (C=O) groups excluding carboxylic acids is 1. The number of carbonyl (C=O) groups is 2. The second-order valence-corrected chi connectivity index (χ2v) is 6.22. The number of hydrogen-bond acceptors (Lipinski definition) is 4. The van der Waals surface area contributed by atoms with Crippen molar-refractivity contribution in [2.75, 3.05) is 6.54 Å². The first-order valence-corrected chi connectivity index (χ1v) is 7.56. The van der Waals surface area contributed by atoms with Crippen molar-refractivity contribution in [3.05, 3.63) is 16.6 Å². The Bertz CT molecular complexity index is 477. The zero-order chi connectivity index (χ0) is 14.6. The molecule has 2 amide bonds. The van der Waals surface area contributed by atoms with Crippen LogP contribution in [-0.2, 0) is 11.2 Å². The fourth-order valence-electron chi connectivity index (χ4n) is 2.52. The fraction of sp³-hybridized carbons (Fsp3) is 0.615. The van der Waals surface area contributed by atoms with Gasteiger partial charge in [-0.2, -0.15) is 0 Å². The van der Waals surface area contributed by atoms with E-state index in [9.17, 15) is 14.7 Å². The third-order valence-corrected chi connectivity index (χ3v) is 4.70. The maximum Gasteiger partial charge on any atom is 0.315 e. The summed E-state index contributed by atoms with van der Waals surface area (Å²) < 4.78 is 0. The predicted molar refractivity (Wildman–Crippen MR) is 75.7 cm³/mol. The molecule has 0 saturated heterocycles. The number of hydrogen-bond donors (Lipinski definition) is 3. The van der Waals surface area contributed by atoms with Gasteiger partial charge in [0.05, 0.1) is 10.4 Å². The van der Waals surface area contributed by atoms with Crippen LogP contribution < -0.4 is 10.6 Å². The van der Waals surface area contributed by atoms with Gasteiger partial charge in [0.1, 0.15) is 0 Å². The number of carboxylic acid groups (broad SMARTS) is 1. The fourth-order valence-corrected chi connectivity index (χ4v) is 3.14. The van der Waals surface area contributed by atoms with E-state index in [4.69, 9.17) is 0 Å². The van der Waals surface area contributed by atoms with Crippen molar-refractivity contribution in [1.82, 2.24) is 15.6 Å². The normalized spacial score (nSPS) is 25.4. The van der Waals surface area contributed by atoms with Crippen molar-refractivity contribution in [3.8, 4) is 0 Å². The molecule has 0 aromatic carbocycles. The lowest BCUT2D eigenvalue weighted by atomic mass is 9.85. The number of amides is 2. The molecule has 110 valence electrons. The van der Waals surface area contributed by atoms with E-state index in [0.29, 0.717) is 25.8 Å². The second kappa shape index (κ2) is 6.21. The molecular formula is C13H19N3O3S. The van der Waals surface area contributed by atoms with Gasteiger partial charge in [-0.3, -0.25) is 4.79 Å². The SMILES string of the molecule is CC1(C(=O)O)CCCC1NC(=O)NCCc1nccs1. The molecule has 6 nitrogen and oxygen atoms in total. The molecule has 1 heterocycles. The number of rotatable bonds is 5. The monoisotopic (exact) mass is 297 g/mol. The summed E-state index contributed by atoms with van der Waals surface area (Å²) in [6.07, 6.45) is 4.56. The quantitative estimate of drug-likeness (QED) is 0.770. The molecule has 2 atom stereocenters. The number of nitrogens with zero attached hydrogens (tertiary/aromatic N) is 1. The minimum Gasteiger partial charge on any atom is -0.481 e. The molecule has 20 heavy (non-hydrogen) atoms. The summed E-state index contributed by atoms with van der Waals surface area (Å²) in [4.78, 5) is 27.2. The Kier molecular flexibility index (Phi) is 4.59. The summed E-state index contributed by atoms with van der Waals surface area (Å²) in [6, 6.07) is -0.610. The van der Waals surface area contributed by atoms with Gasteiger partial charge in [0.15, 0.2) is 0 Å². The van der Waals surface area contributed by atoms with Crippen LogP contribution in [0.2, 0.25) is 0 Å². The first kappa shape index (κ1) is 14.8. The Morgan fingerprint density at radius 2 is 2.40 bits per heavy atom. The molecule has 1 aromatic rings. The van der Waals surface area contributed by atoms with E-state index >= 15 is 0 Å². The highest BCUT2D eigenvalue weighted by Gasteiger charge is 2.45. The zero-order valence-electron chi connectivity index (χ0n) is 11.4. The van der Waals surface area contributed by atoms with Gasteiger partial charge in [0.25, 0.3) is 0 Å². The number of carboxylic acids is 1. The Hall–Kier alpha value is -1.63. The summed E-state index contributed by atoms with van der Waals surface area (Å²) in [5.41, 5.74) is -0.855. The van der Waals surface area contributed by atoms with Crippen molar-refractivity contribution in [3.63, 3.8) is 0 Å². The predicted octanol–water partition coefficient (Wildman–Crippen LogP) is 1.63. The minimum atomic E-state index is -0.855. The molecule has 1 aliphatic carbocycles. The van der Waals surface area contributed by atoms with Crippen LogP contribution in [0.5, 0.6) is 0 Å². The van der Waals surface area contributed by atoms with Crippen LogP contribution in [-0.4, -0.2) is 34.7 Å². The molecule has 1 aliphatic rings. The number of nitrogens with one attached hydrogen (secondary N) is 2. The molecule has 1 fully saturated rings. The van der Waals surface area contributed by atoms with Gasteiger partial charge in [-0.05, 0) is 19.8 Å². The highest BCUT2D eigenvalue weighted by atomic mass is 32.1. The van der Waals surface area contributed by atoms with Crippen LogP contribution in [0.15, 0.2) is 11.6 Å². The van der Waals surface area contributed by atoms with Gasteiger partial charge in [-0.1, -0.05) is 6.42 Å². The molecule has 1 saturated carbocycles. The largest absolute Gasteiger partial charge is 0.481 e. The molecule has 0 radical (unpaired) electrons. The number of aromatic nitrogens is 1. The van der Waals surface area contributed by atoms with Crippen LogP contribution in [0.1, 0.15) is 31.2 Å². The van der Waals surface area contributed by atoms with E-state index in [1.165, 1.54) is 0 Å². The van der Waals surface area contributed by atoms with Crippen LogP contribution in [0.25, 0.3) is 0 Å². The molecule has 0 spiro atoms. The third kappa shape index (κ3) is 3.27. The topological polar surface area (TPSA) is 91.3 Å². The van der Waals surface area contributed by atoms with Crippen LogP contribution in [0.4, 0.5) is 4.79 Å². The lowest BCUT2D eigenvalue weighted by molar-refractivity contribution is -0.148. The van der Waals surface area contributed by atoms with Gasteiger partial charge >= 0.3 is 12.0 Å². The van der Waals surface area contributed by atoms with Crippen molar-refractivity contribution in [1.29, 1.82) is 0 Å². The summed E-state index contributed by atoms with van der Waals surface area (Å²) in [7, 11) is 0. The van der Waals surface area contributed by atoms with E-state index in [0.717, 1.165) is 11.4 Å². The third-order valence-electron chi connectivity index (χ3n) is 3.86. The highest BCUT2D eigenvalue weighted by molar-refractivity contribution is 7.09. The second-order valence-electron chi connectivity index (χ2n) is 5.24. The van der Waals surface area contributed by atoms with E-state index < -0.39 is 11.4 Å². The lowest BCUT2D eigenvalue weighted by Crippen LogP contribution is -2.50. The number of aliphatic carboxylic acids is 1. The Morgan fingerprint density at radius 3 is 3.05 bits per heavy atom. The molecular weight excluding hydrogens is 278 g/mol. The molecule has 0 aliphatic heterocycles. The van der Waals surface area contributed by atoms with E-state index in [-0.39, 0.29) is 12.1 Å². The van der Waals surface area contributed by atoms with E-state index in [1.807, 2.05) is 5.38 Å². The Balaban J connectivity index is 1.78. The Morgan fingerprint density at radius 1 is 1.60 bits per heavy atom. The van der Waals surface area contributed by atoms with Crippen LogP contribution in [0.3, 0.4) is 0 Å². The van der Waals surface area contributed by atoms with Crippen molar-refractivity contribution < 1.29 is 14.7 Å². The van der Waals surface area contributed by atoms with Crippen LogP contribution >= 0.6 is 11.3 Å². The molecule has 3 N–H and O–H groups in total. The lowest BCUT2D eigenvalue weighted by Gasteiger charge is -2.27. The standard InChI is InChI=1S/C13H19N3O3S/c1-13(11(17)18)5-2-3-9(13)16-12(19)15-6-4-10-14-7-8-20-10/h7-9H,2-6H2,1H3,(H,17,18)(H2,15,16,19). The van der Waals surface area contributed by atoms with Gasteiger partial charge < -0.3 is 15.7 Å². The first-order chi connectivity index (χ1) is 9.52. The zero-order valence-corrected chi connectivity index (χ0v) is 12.2. The first-order valence-electron chi connectivity index (χ1n) is 6.68. The van der Waals surface area contributed by atoms with Crippen molar-refractivity contribution in [2.45, 2.75) is 38.6 Å². The average molecular weight is 297 g/mol. The molecule has 0 bridgehead atoms. The maximum atomic E-state index is 11.8. The molecule has 1 aromatic heterocycles. The number of thiazole rings is 1. The summed E-state index contributed by atoms with van der Waals surface area (Å²) in [5, 5.41) is 17.7. The van der Waals surface area contributed by atoms with Gasteiger partial charge in [-0.25, -0.2) is 9.78 Å².